The van der Waals surface area contributed by atoms with Crippen molar-refractivity contribution in [3.8, 4) is 0 Å². The largest absolute Gasteiger partial charge is 0.226 e. The summed E-state index contributed by atoms with van der Waals surface area (Å²) in [4.78, 5) is 8.91. The summed E-state index contributed by atoms with van der Waals surface area (Å²) in [5, 5.41) is 1.00. The van der Waals surface area contributed by atoms with Crippen molar-refractivity contribution in [1.29, 1.82) is 0 Å². The summed E-state index contributed by atoms with van der Waals surface area (Å²) in [5.41, 5.74) is 0.943. The lowest BCUT2D eigenvalue weighted by Crippen LogP contribution is -1.89. The third-order valence-corrected chi connectivity index (χ3v) is 3.22. The Hall–Kier alpha value is -1.13. The Kier molecular flexibility index (Phi) is 3.41. The maximum absolute atomic E-state index is 12.7. The molecule has 16 heavy (non-hydrogen) atoms. The van der Waals surface area contributed by atoms with Crippen LogP contribution in [0.3, 0.4) is 0 Å². The van der Waals surface area contributed by atoms with Crippen LogP contribution in [0, 0.1) is 12.7 Å². The molecule has 0 aliphatic carbocycles. The van der Waals surface area contributed by atoms with E-state index >= 15 is 0 Å². The number of aryl methyl sites for hydroxylation is 1. The predicted octanol–water partition coefficient (Wildman–Crippen LogP) is 3.73. The number of halogens is 2. The fourth-order valence-corrected chi connectivity index (χ4v) is 2.15. The van der Waals surface area contributed by atoms with E-state index in [1.54, 1.807) is 18.3 Å². The van der Waals surface area contributed by atoms with E-state index in [2.05, 4.69) is 9.97 Å². The number of aromatic nitrogens is 2. The van der Waals surface area contributed by atoms with Crippen molar-refractivity contribution in [2.24, 2.45) is 0 Å². The molecule has 0 aliphatic rings. The standard InChI is InChI=1S/C11H8ClFN2S/c1-7-6-14-11(12)15-10(7)16-9-4-2-8(13)3-5-9/h2-6H,1H3. The number of rotatable bonds is 2. The molecule has 1 aromatic heterocycles. The Labute approximate surface area is 102 Å². The normalized spacial score (nSPS) is 10.4. The van der Waals surface area contributed by atoms with Gasteiger partial charge in [0.1, 0.15) is 10.8 Å². The Morgan fingerprint density at radius 2 is 1.94 bits per heavy atom. The van der Waals surface area contributed by atoms with Crippen LogP contribution >= 0.6 is 23.4 Å². The molecule has 0 N–H and O–H groups in total. The molecule has 0 atom stereocenters. The van der Waals surface area contributed by atoms with E-state index in [1.807, 2.05) is 6.92 Å². The van der Waals surface area contributed by atoms with Gasteiger partial charge in [-0.05, 0) is 42.8 Å². The van der Waals surface area contributed by atoms with Crippen LogP contribution < -0.4 is 0 Å². The average molecular weight is 255 g/mol. The van der Waals surface area contributed by atoms with Crippen LogP contribution in [0.4, 0.5) is 4.39 Å². The van der Waals surface area contributed by atoms with Gasteiger partial charge in [0.2, 0.25) is 5.28 Å². The van der Waals surface area contributed by atoms with Gasteiger partial charge in [-0.1, -0.05) is 11.8 Å². The van der Waals surface area contributed by atoms with Crippen LogP contribution in [0.1, 0.15) is 5.56 Å². The van der Waals surface area contributed by atoms with Crippen LogP contribution in [0.15, 0.2) is 40.4 Å². The Morgan fingerprint density at radius 3 is 2.62 bits per heavy atom. The van der Waals surface area contributed by atoms with Crippen molar-refractivity contribution in [1.82, 2.24) is 9.97 Å². The highest BCUT2D eigenvalue weighted by Crippen LogP contribution is 2.28. The fraction of sp³-hybridized carbons (Fsp3) is 0.0909. The summed E-state index contributed by atoms with van der Waals surface area (Å²) < 4.78 is 12.7. The minimum atomic E-state index is -0.248. The summed E-state index contributed by atoms with van der Waals surface area (Å²) in [6.07, 6.45) is 1.67. The molecule has 1 aromatic carbocycles. The highest BCUT2D eigenvalue weighted by Gasteiger charge is 2.04. The average Bonchev–Trinajstić information content (AvgIpc) is 2.27. The summed E-state index contributed by atoms with van der Waals surface area (Å²) in [7, 11) is 0. The molecule has 0 saturated carbocycles. The topological polar surface area (TPSA) is 25.8 Å². The molecule has 0 fully saturated rings. The summed E-state index contributed by atoms with van der Waals surface area (Å²) in [6, 6.07) is 6.24. The van der Waals surface area contributed by atoms with E-state index in [9.17, 15) is 4.39 Å². The van der Waals surface area contributed by atoms with Crippen LogP contribution in [-0.4, -0.2) is 9.97 Å². The van der Waals surface area contributed by atoms with E-state index in [4.69, 9.17) is 11.6 Å². The molecular weight excluding hydrogens is 247 g/mol. The van der Waals surface area contributed by atoms with Crippen molar-refractivity contribution < 1.29 is 4.39 Å². The molecule has 0 aliphatic heterocycles. The molecule has 5 heteroatoms. The minimum Gasteiger partial charge on any atom is -0.226 e. The molecule has 0 amide bonds. The van der Waals surface area contributed by atoms with E-state index in [-0.39, 0.29) is 11.1 Å². The molecule has 82 valence electrons. The van der Waals surface area contributed by atoms with Crippen molar-refractivity contribution >= 4 is 23.4 Å². The number of hydrogen-bond donors (Lipinski definition) is 0. The Morgan fingerprint density at radius 1 is 1.25 bits per heavy atom. The maximum atomic E-state index is 12.7. The van der Waals surface area contributed by atoms with Crippen LogP contribution in [0.5, 0.6) is 0 Å². The molecule has 1 heterocycles. The van der Waals surface area contributed by atoms with Crippen molar-refractivity contribution in [3.05, 3.63) is 47.1 Å². The van der Waals surface area contributed by atoms with Gasteiger partial charge in [0.05, 0.1) is 0 Å². The fourth-order valence-electron chi connectivity index (χ4n) is 1.12. The van der Waals surface area contributed by atoms with Crippen LogP contribution in [-0.2, 0) is 0 Å². The third-order valence-electron chi connectivity index (χ3n) is 1.92. The first-order valence-corrected chi connectivity index (χ1v) is 5.77. The second-order valence-corrected chi connectivity index (χ2v) is 4.58. The van der Waals surface area contributed by atoms with Gasteiger partial charge in [-0.2, -0.15) is 0 Å². The lowest BCUT2D eigenvalue weighted by Gasteiger charge is -2.03. The van der Waals surface area contributed by atoms with Crippen LogP contribution in [0.25, 0.3) is 0 Å². The molecule has 2 rings (SSSR count). The smallest absolute Gasteiger partial charge is 0.223 e. The van der Waals surface area contributed by atoms with Gasteiger partial charge in [-0.15, -0.1) is 0 Å². The molecule has 0 saturated heterocycles. The maximum Gasteiger partial charge on any atom is 0.223 e. The first-order chi connectivity index (χ1) is 7.65. The summed E-state index contributed by atoms with van der Waals surface area (Å²) in [5.74, 6) is -0.248. The lowest BCUT2D eigenvalue weighted by molar-refractivity contribution is 0.626. The summed E-state index contributed by atoms with van der Waals surface area (Å²) >= 11 is 7.15. The van der Waals surface area contributed by atoms with Crippen LogP contribution in [0.2, 0.25) is 5.28 Å². The van der Waals surface area contributed by atoms with Gasteiger partial charge in [0.25, 0.3) is 0 Å². The molecule has 0 spiro atoms. The number of hydrogen-bond acceptors (Lipinski definition) is 3. The zero-order valence-electron chi connectivity index (χ0n) is 8.45. The Bertz CT molecular complexity index is 502. The van der Waals surface area contributed by atoms with Crippen molar-refractivity contribution in [2.45, 2.75) is 16.8 Å². The second-order valence-electron chi connectivity index (χ2n) is 3.18. The van der Waals surface area contributed by atoms with Gasteiger partial charge >= 0.3 is 0 Å². The predicted molar refractivity (Wildman–Crippen MR) is 62.3 cm³/mol. The summed E-state index contributed by atoms with van der Waals surface area (Å²) in [6.45, 7) is 1.90. The van der Waals surface area contributed by atoms with E-state index < -0.39 is 0 Å². The van der Waals surface area contributed by atoms with Gasteiger partial charge in [0.15, 0.2) is 0 Å². The zero-order chi connectivity index (χ0) is 11.5. The monoisotopic (exact) mass is 254 g/mol. The van der Waals surface area contributed by atoms with E-state index in [0.29, 0.717) is 0 Å². The Balaban J connectivity index is 2.26. The van der Waals surface area contributed by atoms with E-state index in [1.165, 1.54) is 23.9 Å². The second kappa shape index (κ2) is 4.80. The highest BCUT2D eigenvalue weighted by molar-refractivity contribution is 7.99. The van der Waals surface area contributed by atoms with Gasteiger partial charge in [0, 0.05) is 16.7 Å². The quantitative estimate of drug-likeness (QED) is 0.603. The highest BCUT2D eigenvalue weighted by atomic mass is 35.5. The first kappa shape index (κ1) is 11.4. The SMILES string of the molecule is Cc1cnc(Cl)nc1Sc1ccc(F)cc1. The van der Waals surface area contributed by atoms with E-state index in [0.717, 1.165) is 15.5 Å². The van der Waals surface area contributed by atoms with Gasteiger partial charge in [-0.25, -0.2) is 14.4 Å². The molecule has 0 radical (unpaired) electrons. The number of benzene rings is 1. The lowest BCUT2D eigenvalue weighted by atomic mass is 10.3. The first-order valence-electron chi connectivity index (χ1n) is 4.58. The zero-order valence-corrected chi connectivity index (χ0v) is 10.0. The number of nitrogens with zero attached hydrogens (tertiary/aromatic N) is 2. The molecule has 0 unspecified atom stereocenters. The van der Waals surface area contributed by atoms with Crippen molar-refractivity contribution in [2.75, 3.05) is 0 Å². The molecule has 2 nitrogen and oxygen atoms in total. The third kappa shape index (κ3) is 2.71. The molecular formula is C11H8ClFN2S. The van der Waals surface area contributed by atoms with Crippen molar-refractivity contribution in [3.63, 3.8) is 0 Å². The minimum absolute atomic E-state index is 0.218. The molecule has 0 bridgehead atoms. The van der Waals surface area contributed by atoms with Gasteiger partial charge < -0.3 is 0 Å². The van der Waals surface area contributed by atoms with Gasteiger partial charge in [-0.3, -0.25) is 0 Å². The molecule has 2 aromatic rings.